The third kappa shape index (κ3) is 2.00. The molecule has 1 aliphatic rings. The van der Waals surface area contributed by atoms with Crippen LogP contribution in [-0.2, 0) is 11.3 Å². The molecule has 20 heavy (non-hydrogen) atoms. The zero-order chi connectivity index (χ0) is 14.1. The third-order valence-electron chi connectivity index (χ3n) is 3.57. The molecule has 0 saturated carbocycles. The monoisotopic (exact) mass is 267 g/mol. The van der Waals surface area contributed by atoms with E-state index in [0.29, 0.717) is 11.4 Å². The Kier molecular flexibility index (Phi) is 3.08. The summed E-state index contributed by atoms with van der Waals surface area (Å²) in [6.45, 7) is 2.50. The van der Waals surface area contributed by atoms with Gasteiger partial charge in [0.05, 0.1) is 5.56 Å². The van der Waals surface area contributed by atoms with Crippen molar-refractivity contribution in [3.63, 3.8) is 0 Å². The van der Waals surface area contributed by atoms with Gasteiger partial charge in [-0.2, -0.15) is 0 Å². The van der Waals surface area contributed by atoms with Crippen LogP contribution in [0.5, 0.6) is 0 Å². The molecule has 1 unspecified atom stereocenters. The summed E-state index contributed by atoms with van der Waals surface area (Å²) in [7, 11) is 0. The fourth-order valence-electron chi connectivity index (χ4n) is 2.58. The predicted octanol–water partition coefficient (Wildman–Crippen LogP) is 1.43. The first-order valence-electron chi connectivity index (χ1n) is 6.48. The molecule has 4 heteroatoms. The van der Waals surface area contributed by atoms with Crippen molar-refractivity contribution in [3.8, 4) is 0 Å². The molecule has 2 aromatic rings. The lowest BCUT2D eigenvalue weighted by Crippen LogP contribution is -3.07. The number of nitrogens with zero attached hydrogens (tertiary/aromatic N) is 1. The summed E-state index contributed by atoms with van der Waals surface area (Å²) < 4.78 is 0. The van der Waals surface area contributed by atoms with Crippen molar-refractivity contribution in [1.29, 1.82) is 0 Å². The molecule has 2 N–H and O–H groups in total. The number of carbonyl (C=O) groups is 1. The highest BCUT2D eigenvalue weighted by atomic mass is 16.4. The maximum absolute atomic E-state index is 12.4. The smallest absolute Gasteiger partial charge is 0.372 e. The minimum atomic E-state index is -0.183. The molecule has 1 heterocycles. The molecule has 1 aliphatic heterocycles. The lowest BCUT2D eigenvalue weighted by atomic mass is 10.1. The van der Waals surface area contributed by atoms with Crippen LogP contribution in [0.1, 0.15) is 16.7 Å². The van der Waals surface area contributed by atoms with E-state index >= 15 is 0 Å². The van der Waals surface area contributed by atoms with Gasteiger partial charge in [-0.1, -0.05) is 41.6 Å². The van der Waals surface area contributed by atoms with Crippen LogP contribution >= 0.6 is 0 Å². The normalized spacial score (nSPS) is 19.4. The number of aryl methyl sites for hydroxylation is 1. The van der Waals surface area contributed by atoms with Crippen molar-refractivity contribution in [2.45, 2.75) is 13.5 Å². The molecule has 100 valence electrons. The summed E-state index contributed by atoms with van der Waals surface area (Å²) in [6, 6.07) is 15.6. The van der Waals surface area contributed by atoms with E-state index in [1.807, 2.05) is 55.5 Å². The lowest BCUT2D eigenvalue weighted by molar-refractivity contribution is -0.757. The Morgan fingerprint density at radius 2 is 1.90 bits per heavy atom. The van der Waals surface area contributed by atoms with Gasteiger partial charge in [-0.25, -0.2) is 9.69 Å². The van der Waals surface area contributed by atoms with Crippen LogP contribution in [0.2, 0.25) is 0 Å². The summed E-state index contributed by atoms with van der Waals surface area (Å²) in [6.07, 6.45) is 0. The molecule has 0 saturated heterocycles. The number of amides is 1. The number of oxime groups is 1. The molecular weight excluding hydrogens is 252 g/mol. The van der Waals surface area contributed by atoms with Crippen LogP contribution in [0, 0.1) is 6.92 Å². The van der Waals surface area contributed by atoms with Crippen molar-refractivity contribution in [1.82, 2.24) is 0 Å². The van der Waals surface area contributed by atoms with Gasteiger partial charge in [0.1, 0.15) is 12.2 Å². The second kappa shape index (κ2) is 4.90. The molecule has 3 rings (SSSR count). The van der Waals surface area contributed by atoms with E-state index < -0.39 is 0 Å². The van der Waals surface area contributed by atoms with Crippen molar-refractivity contribution in [3.05, 3.63) is 65.2 Å². The van der Waals surface area contributed by atoms with E-state index in [9.17, 15) is 4.79 Å². The molecular formula is C16H15N2O2+. The molecule has 0 radical (unpaired) electrons. The Hall–Kier alpha value is -2.46. The van der Waals surface area contributed by atoms with Crippen LogP contribution in [0.4, 0.5) is 5.69 Å². The summed E-state index contributed by atoms with van der Waals surface area (Å²) in [5.41, 5.74) is 3.86. The van der Waals surface area contributed by atoms with Crippen LogP contribution < -0.4 is 4.90 Å². The van der Waals surface area contributed by atoms with E-state index in [1.165, 1.54) is 0 Å². The van der Waals surface area contributed by atoms with Gasteiger partial charge in [0, 0.05) is 11.6 Å². The Balaban J connectivity index is 2.03. The van der Waals surface area contributed by atoms with Crippen LogP contribution in [-0.4, -0.2) is 16.8 Å². The number of carbonyl (C=O) groups excluding carboxylic acids is 1. The van der Waals surface area contributed by atoms with Crippen molar-refractivity contribution in [2.24, 2.45) is 5.16 Å². The van der Waals surface area contributed by atoms with Crippen molar-refractivity contribution >= 4 is 17.3 Å². The lowest BCUT2D eigenvalue weighted by Gasteiger charge is -2.10. The second-order valence-electron chi connectivity index (χ2n) is 4.97. The Morgan fingerprint density at radius 3 is 2.60 bits per heavy atom. The van der Waals surface area contributed by atoms with Gasteiger partial charge in [0.15, 0.2) is 0 Å². The number of nitrogens with one attached hydrogen (secondary N) is 1. The first-order valence-corrected chi connectivity index (χ1v) is 6.48. The fourth-order valence-corrected chi connectivity index (χ4v) is 2.58. The summed E-state index contributed by atoms with van der Waals surface area (Å²) in [5.74, 6) is -0.183. The van der Waals surface area contributed by atoms with Gasteiger partial charge in [0.25, 0.3) is 0 Å². The Bertz CT molecular complexity index is 693. The molecule has 1 atom stereocenters. The van der Waals surface area contributed by atoms with Crippen molar-refractivity contribution in [2.75, 3.05) is 0 Å². The highest BCUT2D eigenvalue weighted by Crippen LogP contribution is 2.20. The number of fused-ring (bicyclic) bond motifs is 1. The zero-order valence-corrected chi connectivity index (χ0v) is 11.1. The van der Waals surface area contributed by atoms with Crippen LogP contribution in [0.25, 0.3) is 0 Å². The number of hydrogen-bond donors (Lipinski definition) is 2. The molecule has 0 aromatic heterocycles. The van der Waals surface area contributed by atoms with Crippen LogP contribution in [0.15, 0.2) is 53.7 Å². The molecule has 0 aliphatic carbocycles. The minimum Gasteiger partial charge on any atom is -0.410 e. The largest absolute Gasteiger partial charge is 0.410 e. The number of benzene rings is 2. The standard InChI is InChI=1S/C16H14N2O2/c1-11-7-8-14-13(9-11)15(17-20)16(19)18(14)10-12-5-3-2-4-6-12/h2-9,20H,10H2,1H3/p+1. The minimum absolute atomic E-state index is 0.148. The number of rotatable bonds is 2. The van der Waals surface area contributed by atoms with Crippen molar-refractivity contribution < 1.29 is 14.9 Å². The average molecular weight is 267 g/mol. The first-order chi connectivity index (χ1) is 9.70. The molecule has 0 spiro atoms. The second-order valence-corrected chi connectivity index (χ2v) is 4.97. The van der Waals surface area contributed by atoms with Gasteiger partial charge >= 0.3 is 5.91 Å². The molecule has 0 fully saturated rings. The van der Waals surface area contributed by atoms with E-state index in [1.54, 1.807) is 0 Å². The van der Waals surface area contributed by atoms with Gasteiger partial charge in [0.2, 0.25) is 5.71 Å². The summed E-state index contributed by atoms with van der Waals surface area (Å²) >= 11 is 0. The number of hydrogen-bond acceptors (Lipinski definition) is 3. The summed E-state index contributed by atoms with van der Waals surface area (Å²) in [5, 5.41) is 12.3. The third-order valence-corrected chi connectivity index (χ3v) is 3.57. The number of quaternary nitrogens is 1. The SMILES string of the molecule is Cc1ccc2c(c1)C(=NO)C(=O)[NH+]2Cc1ccccc1. The quantitative estimate of drug-likeness (QED) is 0.639. The zero-order valence-electron chi connectivity index (χ0n) is 11.1. The van der Waals surface area contributed by atoms with Gasteiger partial charge in [-0.15, -0.1) is 0 Å². The van der Waals surface area contributed by atoms with E-state index in [4.69, 9.17) is 5.21 Å². The van der Waals surface area contributed by atoms with Crippen LogP contribution in [0.3, 0.4) is 0 Å². The molecule has 1 amide bonds. The predicted molar refractivity (Wildman–Crippen MR) is 75.3 cm³/mol. The van der Waals surface area contributed by atoms with Gasteiger partial charge in [-0.3, -0.25) is 0 Å². The maximum Gasteiger partial charge on any atom is 0.372 e. The first kappa shape index (κ1) is 12.6. The maximum atomic E-state index is 12.4. The van der Waals surface area contributed by atoms with Gasteiger partial charge in [-0.05, 0) is 18.6 Å². The van der Waals surface area contributed by atoms with Gasteiger partial charge < -0.3 is 5.21 Å². The topological polar surface area (TPSA) is 54.1 Å². The average Bonchev–Trinajstić information content (AvgIpc) is 2.71. The summed E-state index contributed by atoms with van der Waals surface area (Å²) in [4.78, 5) is 13.1. The highest BCUT2D eigenvalue weighted by Gasteiger charge is 2.40. The van der Waals surface area contributed by atoms with E-state index in [0.717, 1.165) is 22.4 Å². The molecule has 0 bridgehead atoms. The van der Waals surface area contributed by atoms with E-state index in [2.05, 4.69) is 5.16 Å². The highest BCUT2D eigenvalue weighted by molar-refractivity contribution is 6.45. The fraction of sp³-hybridized carbons (Fsp3) is 0.125. The Morgan fingerprint density at radius 1 is 1.15 bits per heavy atom. The van der Waals surface area contributed by atoms with E-state index in [-0.39, 0.29) is 11.6 Å². The molecule has 2 aromatic carbocycles. The Labute approximate surface area is 117 Å². The molecule has 4 nitrogen and oxygen atoms in total.